The van der Waals surface area contributed by atoms with Crippen LogP contribution in [0, 0.1) is 0 Å². The lowest BCUT2D eigenvalue weighted by atomic mass is 9.92. The van der Waals surface area contributed by atoms with Crippen LogP contribution in [0.3, 0.4) is 0 Å². The molecule has 2 heterocycles. The van der Waals surface area contributed by atoms with Gasteiger partial charge in [0.05, 0.1) is 19.1 Å². The summed E-state index contributed by atoms with van der Waals surface area (Å²) in [5, 5.41) is 14.6. The van der Waals surface area contributed by atoms with Gasteiger partial charge in [0.25, 0.3) is 0 Å². The van der Waals surface area contributed by atoms with Gasteiger partial charge in [0, 0.05) is 43.7 Å². The number of phenols is 1. The van der Waals surface area contributed by atoms with E-state index in [1.54, 1.807) is 13.0 Å². The van der Waals surface area contributed by atoms with E-state index < -0.39 is 0 Å². The summed E-state index contributed by atoms with van der Waals surface area (Å²) in [5.74, 6) is 0.848. The van der Waals surface area contributed by atoms with Crippen LogP contribution in [0.5, 0.6) is 5.75 Å². The Morgan fingerprint density at radius 3 is 2.51 bits per heavy atom. The third-order valence-corrected chi connectivity index (χ3v) is 7.69. The van der Waals surface area contributed by atoms with Crippen molar-refractivity contribution in [2.24, 2.45) is 0 Å². The maximum Gasteiger partial charge on any atom is 0.306 e. The molecule has 3 aromatic carbocycles. The summed E-state index contributed by atoms with van der Waals surface area (Å²) in [5.41, 5.74) is 4.27. The lowest BCUT2D eigenvalue weighted by Gasteiger charge is -2.47. The number of aromatic nitrogens is 2. The summed E-state index contributed by atoms with van der Waals surface area (Å²) < 4.78 is 10.4. The molecule has 1 aliphatic rings. The molecule has 8 heteroatoms. The zero-order valence-corrected chi connectivity index (χ0v) is 23.9. The van der Waals surface area contributed by atoms with Crippen LogP contribution in [0.25, 0.3) is 11.4 Å². The van der Waals surface area contributed by atoms with E-state index in [1.807, 2.05) is 24.3 Å². The molecule has 0 saturated carbocycles. The number of carbonyl (C=O) groups is 1. The van der Waals surface area contributed by atoms with Gasteiger partial charge >= 0.3 is 5.97 Å². The first-order chi connectivity index (χ1) is 19.9. The normalized spacial score (nSPS) is 18.7. The Labute approximate surface area is 241 Å². The summed E-state index contributed by atoms with van der Waals surface area (Å²) in [7, 11) is 0. The number of phenolic OH excluding ortho intramolecular Hbond substituents is 1. The third kappa shape index (κ3) is 7.01. The predicted octanol–water partition coefficient (Wildman–Crippen LogP) is 5.62. The van der Waals surface area contributed by atoms with Crippen LogP contribution in [0.15, 0.2) is 83.4 Å². The minimum Gasteiger partial charge on any atom is -0.508 e. The van der Waals surface area contributed by atoms with Crippen molar-refractivity contribution in [2.75, 3.05) is 19.7 Å². The van der Waals surface area contributed by atoms with Crippen LogP contribution < -0.4 is 0 Å². The van der Waals surface area contributed by atoms with Crippen LogP contribution >= 0.6 is 0 Å². The fourth-order valence-electron chi connectivity index (χ4n) is 5.66. The highest BCUT2D eigenvalue weighted by atomic mass is 16.5. The molecular weight excluding hydrogens is 516 g/mol. The standard InChI is InChI=1S/C33H38N4O4/c1-4-40-31(39)17-16-30-34-33(35-41-30)28-14-8-12-26(18-28)32(27-13-9-15-29(38)19-27)37-21-23(2)36(20-24(37)3)22-25-10-6-5-7-11-25/h5-15,18-19,23-24,32,38H,4,16-17,20-22H2,1-3H3/t23-,24+,32-/m1/s1. The second-order valence-corrected chi connectivity index (χ2v) is 10.7. The van der Waals surface area contributed by atoms with Gasteiger partial charge in [0.2, 0.25) is 11.7 Å². The first-order valence-corrected chi connectivity index (χ1v) is 14.3. The molecule has 8 nitrogen and oxygen atoms in total. The minimum atomic E-state index is -0.282. The van der Waals surface area contributed by atoms with E-state index in [4.69, 9.17) is 9.26 Å². The molecule has 0 bridgehead atoms. The molecule has 1 aliphatic heterocycles. The maximum absolute atomic E-state index is 11.7. The number of aromatic hydroxyl groups is 1. The number of esters is 1. The zero-order valence-electron chi connectivity index (χ0n) is 23.9. The Hall–Kier alpha value is -4.01. The number of hydrogen-bond donors (Lipinski definition) is 1. The molecule has 5 rings (SSSR count). The number of hydrogen-bond acceptors (Lipinski definition) is 8. The second kappa shape index (κ2) is 13.1. The molecule has 3 atom stereocenters. The lowest BCUT2D eigenvalue weighted by molar-refractivity contribution is -0.143. The van der Waals surface area contributed by atoms with Crippen molar-refractivity contribution < 1.29 is 19.2 Å². The fraction of sp³-hybridized carbons (Fsp3) is 0.364. The first kappa shape index (κ1) is 28.5. The van der Waals surface area contributed by atoms with Crippen molar-refractivity contribution in [2.45, 2.75) is 58.3 Å². The maximum atomic E-state index is 11.7. The largest absolute Gasteiger partial charge is 0.508 e. The highest BCUT2D eigenvalue weighted by Crippen LogP contribution is 2.36. The van der Waals surface area contributed by atoms with Crippen molar-refractivity contribution >= 4 is 5.97 Å². The van der Waals surface area contributed by atoms with Gasteiger partial charge in [-0.3, -0.25) is 14.6 Å². The highest BCUT2D eigenvalue weighted by molar-refractivity contribution is 5.69. The van der Waals surface area contributed by atoms with E-state index in [2.05, 4.69) is 82.3 Å². The van der Waals surface area contributed by atoms with Crippen LogP contribution in [-0.2, 0) is 22.5 Å². The fourth-order valence-corrected chi connectivity index (χ4v) is 5.66. The summed E-state index contributed by atoms with van der Waals surface area (Å²) in [6, 6.07) is 26.9. The second-order valence-electron chi connectivity index (χ2n) is 10.7. The monoisotopic (exact) mass is 554 g/mol. The van der Waals surface area contributed by atoms with Crippen molar-refractivity contribution in [1.82, 2.24) is 19.9 Å². The molecule has 1 N–H and O–H groups in total. The molecule has 0 aliphatic carbocycles. The van der Waals surface area contributed by atoms with Gasteiger partial charge in [-0.05, 0) is 55.7 Å². The number of rotatable bonds is 10. The van der Waals surface area contributed by atoms with Crippen LogP contribution in [-0.4, -0.2) is 62.8 Å². The van der Waals surface area contributed by atoms with Crippen molar-refractivity contribution in [3.05, 3.63) is 101 Å². The van der Waals surface area contributed by atoms with Gasteiger partial charge in [-0.25, -0.2) is 0 Å². The number of benzene rings is 3. The average Bonchev–Trinajstić information content (AvgIpc) is 3.45. The smallest absolute Gasteiger partial charge is 0.306 e. The number of ether oxygens (including phenoxy) is 1. The quantitative estimate of drug-likeness (QED) is 0.253. The topological polar surface area (TPSA) is 91.9 Å². The van der Waals surface area contributed by atoms with Gasteiger partial charge < -0.3 is 14.4 Å². The zero-order chi connectivity index (χ0) is 28.8. The van der Waals surface area contributed by atoms with E-state index in [9.17, 15) is 9.90 Å². The Bertz CT molecular complexity index is 1440. The van der Waals surface area contributed by atoms with Gasteiger partial charge in [0.15, 0.2) is 0 Å². The highest BCUT2D eigenvalue weighted by Gasteiger charge is 2.35. The van der Waals surface area contributed by atoms with Gasteiger partial charge in [0.1, 0.15) is 5.75 Å². The molecule has 214 valence electrons. The lowest BCUT2D eigenvalue weighted by Crippen LogP contribution is -2.56. The van der Waals surface area contributed by atoms with E-state index >= 15 is 0 Å². The number of piperazine rings is 1. The van der Waals surface area contributed by atoms with Crippen LogP contribution in [0.4, 0.5) is 0 Å². The molecule has 0 spiro atoms. The molecular formula is C33H38N4O4. The van der Waals surface area contributed by atoms with Crippen LogP contribution in [0.2, 0.25) is 0 Å². The summed E-state index contributed by atoms with van der Waals surface area (Å²) in [4.78, 5) is 21.4. The predicted molar refractivity (Wildman–Crippen MR) is 157 cm³/mol. The van der Waals surface area contributed by atoms with Gasteiger partial charge in [-0.15, -0.1) is 0 Å². The Morgan fingerprint density at radius 2 is 1.76 bits per heavy atom. The van der Waals surface area contributed by atoms with E-state index in [1.165, 1.54) is 5.56 Å². The van der Waals surface area contributed by atoms with Crippen molar-refractivity contribution in [3.8, 4) is 17.1 Å². The number of carbonyl (C=O) groups excluding carboxylic acids is 1. The molecule has 4 aromatic rings. The van der Waals surface area contributed by atoms with E-state index in [0.717, 1.165) is 36.3 Å². The van der Waals surface area contributed by atoms with E-state index in [0.29, 0.717) is 30.8 Å². The first-order valence-electron chi connectivity index (χ1n) is 14.3. The number of nitrogens with zero attached hydrogens (tertiary/aromatic N) is 4. The van der Waals surface area contributed by atoms with Crippen molar-refractivity contribution in [1.29, 1.82) is 0 Å². The summed E-state index contributed by atoms with van der Waals surface area (Å²) >= 11 is 0. The van der Waals surface area contributed by atoms with Gasteiger partial charge in [-0.1, -0.05) is 65.8 Å². The Morgan fingerprint density at radius 1 is 1.00 bits per heavy atom. The average molecular weight is 555 g/mol. The number of aryl methyl sites for hydroxylation is 1. The van der Waals surface area contributed by atoms with E-state index in [-0.39, 0.29) is 30.2 Å². The molecule has 0 radical (unpaired) electrons. The summed E-state index contributed by atoms with van der Waals surface area (Å²) in [6.07, 6.45) is 0.529. The molecule has 1 fully saturated rings. The SMILES string of the molecule is CCOC(=O)CCc1nc(-c2cccc([C@H](c3cccc(O)c3)N3C[C@@H](C)N(Cc4ccccc4)C[C@@H]3C)c2)no1. The molecule has 41 heavy (non-hydrogen) atoms. The Balaban J connectivity index is 1.40. The Kier molecular flexibility index (Phi) is 9.11. The van der Waals surface area contributed by atoms with Crippen molar-refractivity contribution in [3.63, 3.8) is 0 Å². The molecule has 0 unspecified atom stereocenters. The molecule has 1 saturated heterocycles. The van der Waals surface area contributed by atoms with Gasteiger partial charge in [-0.2, -0.15) is 4.98 Å². The molecule has 1 aromatic heterocycles. The third-order valence-electron chi connectivity index (χ3n) is 7.69. The summed E-state index contributed by atoms with van der Waals surface area (Å²) in [6.45, 7) is 9.42. The molecule has 0 amide bonds. The van der Waals surface area contributed by atoms with Crippen LogP contribution in [0.1, 0.15) is 55.8 Å². The minimum absolute atomic E-state index is 0.0754.